The summed E-state index contributed by atoms with van der Waals surface area (Å²) in [5, 5.41) is 0. The SMILES string of the molecule is O=C(Cc1ccc(F)cc1Br)c1ccncc1. The van der Waals surface area contributed by atoms with Crippen LogP contribution >= 0.6 is 15.9 Å². The van der Waals surface area contributed by atoms with Crippen molar-refractivity contribution in [1.29, 1.82) is 0 Å². The molecule has 1 aromatic carbocycles. The zero-order valence-corrected chi connectivity index (χ0v) is 10.4. The number of pyridine rings is 1. The van der Waals surface area contributed by atoms with E-state index in [9.17, 15) is 9.18 Å². The van der Waals surface area contributed by atoms with Gasteiger partial charge in [-0.3, -0.25) is 9.78 Å². The first kappa shape index (κ1) is 11.9. The molecular weight excluding hydrogens is 285 g/mol. The molecule has 0 atom stereocenters. The van der Waals surface area contributed by atoms with E-state index >= 15 is 0 Å². The molecule has 2 aromatic rings. The van der Waals surface area contributed by atoms with Crippen molar-refractivity contribution in [1.82, 2.24) is 4.98 Å². The van der Waals surface area contributed by atoms with Gasteiger partial charge in [0.2, 0.25) is 0 Å². The highest BCUT2D eigenvalue weighted by Gasteiger charge is 2.09. The molecule has 0 spiro atoms. The maximum Gasteiger partial charge on any atom is 0.167 e. The van der Waals surface area contributed by atoms with Crippen LogP contribution in [-0.4, -0.2) is 10.8 Å². The topological polar surface area (TPSA) is 30.0 Å². The number of benzene rings is 1. The summed E-state index contributed by atoms with van der Waals surface area (Å²) in [5.41, 5.74) is 1.38. The third kappa shape index (κ3) is 2.97. The molecule has 0 amide bonds. The van der Waals surface area contributed by atoms with Crippen molar-refractivity contribution in [3.8, 4) is 0 Å². The van der Waals surface area contributed by atoms with Gasteiger partial charge in [-0.25, -0.2) is 4.39 Å². The zero-order chi connectivity index (χ0) is 12.3. The fourth-order valence-corrected chi connectivity index (χ4v) is 1.97. The van der Waals surface area contributed by atoms with Gasteiger partial charge in [0.25, 0.3) is 0 Å². The van der Waals surface area contributed by atoms with E-state index in [1.165, 1.54) is 12.1 Å². The molecule has 1 aromatic heterocycles. The lowest BCUT2D eigenvalue weighted by Gasteiger charge is -2.04. The van der Waals surface area contributed by atoms with Crippen molar-refractivity contribution in [3.05, 3.63) is 64.1 Å². The number of aromatic nitrogens is 1. The lowest BCUT2D eigenvalue weighted by Crippen LogP contribution is -2.04. The Bertz CT molecular complexity index is 542. The second kappa shape index (κ2) is 5.19. The van der Waals surface area contributed by atoms with Gasteiger partial charge in [0.15, 0.2) is 5.78 Å². The maximum atomic E-state index is 12.9. The van der Waals surface area contributed by atoms with Crippen molar-refractivity contribution in [2.24, 2.45) is 0 Å². The lowest BCUT2D eigenvalue weighted by molar-refractivity contribution is 0.0992. The number of carbonyl (C=O) groups excluding carboxylic acids is 1. The summed E-state index contributed by atoms with van der Waals surface area (Å²) in [7, 11) is 0. The van der Waals surface area contributed by atoms with E-state index in [0.717, 1.165) is 5.56 Å². The Morgan fingerprint density at radius 2 is 1.94 bits per heavy atom. The summed E-state index contributed by atoms with van der Waals surface area (Å²) in [6.07, 6.45) is 3.39. The van der Waals surface area contributed by atoms with Gasteiger partial charge in [0.1, 0.15) is 5.82 Å². The van der Waals surface area contributed by atoms with Crippen LogP contribution in [0.4, 0.5) is 4.39 Å². The Morgan fingerprint density at radius 1 is 1.24 bits per heavy atom. The molecule has 0 N–H and O–H groups in total. The van der Waals surface area contributed by atoms with E-state index < -0.39 is 0 Å². The zero-order valence-electron chi connectivity index (χ0n) is 8.86. The Balaban J connectivity index is 2.19. The van der Waals surface area contributed by atoms with Gasteiger partial charge in [0.05, 0.1) is 0 Å². The van der Waals surface area contributed by atoms with Crippen molar-refractivity contribution in [2.45, 2.75) is 6.42 Å². The molecule has 0 bridgehead atoms. The van der Waals surface area contributed by atoms with Crippen LogP contribution in [0.2, 0.25) is 0 Å². The van der Waals surface area contributed by atoms with Gasteiger partial charge in [-0.15, -0.1) is 0 Å². The number of ketones is 1. The summed E-state index contributed by atoms with van der Waals surface area (Å²) in [6, 6.07) is 7.65. The van der Waals surface area contributed by atoms with Gasteiger partial charge in [-0.1, -0.05) is 22.0 Å². The number of carbonyl (C=O) groups is 1. The number of Topliss-reactive ketones (excluding diaryl/α,β-unsaturated/α-hetero) is 1. The van der Waals surface area contributed by atoms with E-state index in [-0.39, 0.29) is 18.0 Å². The lowest BCUT2D eigenvalue weighted by atomic mass is 10.0. The van der Waals surface area contributed by atoms with Crippen molar-refractivity contribution >= 4 is 21.7 Å². The van der Waals surface area contributed by atoms with Gasteiger partial charge >= 0.3 is 0 Å². The Labute approximate surface area is 107 Å². The van der Waals surface area contributed by atoms with E-state index in [4.69, 9.17) is 0 Å². The molecule has 1 heterocycles. The van der Waals surface area contributed by atoms with Crippen LogP contribution in [-0.2, 0) is 6.42 Å². The smallest absolute Gasteiger partial charge is 0.167 e. The fraction of sp³-hybridized carbons (Fsp3) is 0.0769. The van der Waals surface area contributed by atoms with Crippen molar-refractivity contribution in [2.75, 3.05) is 0 Å². The van der Waals surface area contributed by atoms with Crippen molar-refractivity contribution < 1.29 is 9.18 Å². The predicted molar refractivity (Wildman–Crippen MR) is 66.4 cm³/mol. The molecule has 0 aliphatic heterocycles. The third-order valence-corrected chi connectivity index (χ3v) is 3.11. The summed E-state index contributed by atoms with van der Waals surface area (Å²) < 4.78 is 13.5. The van der Waals surface area contributed by atoms with Crippen LogP contribution in [0.15, 0.2) is 47.2 Å². The summed E-state index contributed by atoms with van der Waals surface area (Å²) in [5.74, 6) is -0.336. The summed E-state index contributed by atoms with van der Waals surface area (Å²) in [6.45, 7) is 0. The van der Waals surface area contributed by atoms with Gasteiger partial charge in [-0.2, -0.15) is 0 Å². The molecule has 0 aliphatic rings. The van der Waals surface area contributed by atoms with Crippen LogP contribution in [0.25, 0.3) is 0 Å². The second-order valence-electron chi connectivity index (χ2n) is 3.57. The molecule has 0 radical (unpaired) electrons. The van der Waals surface area contributed by atoms with E-state index in [1.54, 1.807) is 30.6 Å². The van der Waals surface area contributed by atoms with E-state index in [0.29, 0.717) is 10.0 Å². The van der Waals surface area contributed by atoms with Gasteiger partial charge in [0, 0.05) is 28.9 Å². The minimum absolute atomic E-state index is 0.0142. The molecule has 0 saturated heterocycles. The van der Waals surface area contributed by atoms with E-state index in [2.05, 4.69) is 20.9 Å². The first-order chi connectivity index (χ1) is 8.16. The first-order valence-electron chi connectivity index (χ1n) is 5.04. The first-order valence-corrected chi connectivity index (χ1v) is 5.83. The molecule has 2 rings (SSSR count). The number of nitrogens with zero attached hydrogens (tertiary/aromatic N) is 1. The highest BCUT2D eigenvalue weighted by molar-refractivity contribution is 9.10. The largest absolute Gasteiger partial charge is 0.294 e. The van der Waals surface area contributed by atoms with E-state index in [1.807, 2.05) is 0 Å². The van der Waals surface area contributed by atoms with Gasteiger partial charge < -0.3 is 0 Å². The quantitative estimate of drug-likeness (QED) is 0.812. The minimum atomic E-state index is -0.322. The molecule has 4 heteroatoms. The number of hydrogen-bond acceptors (Lipinski definition) is 2. The third-order valence-electron chi connectivity index (χ3n) is 2.37. The monoisotopic (exact) mass is 293 g/mol. The number of rotatable bonds is 3. The molecular formula is C13H9BrFNO. The Hall–Kier alpha value is -1.55. The number of halogens is 2. The molecule has 17 heavy (non-hydrogen) atoms. The average molecular weight is 294 g/mol. The second-order valence-corrected chi connectivity index (χ2v) is 4.43. The molecule has 0 unspecified atom stereocenters. The Morgan fingerprint density at radius 3 is 2.59 bits per heavy atom. The molecule has 0 fully saturated rings. The highest BCUT2D eigenvalue weighted by atomic mass is 79.9. The van der Waals surface area contributed by atoms with Crippen LogP contribution in [0.5, 0.6) is 0 Å². The Kier molecular flexibility index (Phi) is 3.64. The number of hydrogen-bond donors (Lipinski definition) is 0. The van der Waals surface area contributed by atoms with Crippen LogP contribution < -0.4 is 0 Å². The minimum Gasteiger partial charge on any atom is -0.294 e. The van der Waals surface area contributed by atoms with Crippen LogP contribution in [0, 0.1) is 5.82 Å². The standard InChI is InChI=1S/C13H9BrFNO/c14-12-8-11(15)2-1-10(12)7-13(17)9-3-5-16-6-4-9/h1-6,8H,7H2. The van der Waals surface area contributed by atoms with Crippen molar-refractivity contribution in [3.63, 3.8) is 0 Å². The molecule has 0 saturated carbocycles. The average Bonchev–Trinajstić information content (AvgIpc) is 2.34. The predicted octanol–water partition coefficient (Wildman–Crippen LogP) is 3.41. The molecule has 0 aliphatic carbocycles. The van der Waals surface area contributed by atoms with Crippen LogP contribution in [0.1, 0.15) is 15.9 Å². The fourth-order valence-electron chi connectivity index (χ4n) is 1.48. The molecule has 86 valence electrons. The van der Waals surface area contributed by atoms with Gasteiger partial charge in [-0.05, 0) is 29.8 Å². The normalized spacial score (nSPS) is 10.2. The summed E-state index contributed by atoms with van der Waals surface area (Å²) in [4.78, 5) is 15.8. The summed E-state index contributed by atoms with van der Waals surface area (Å²) >= 11 is 3.24. The maximum absolute atomic E-state index is 12.9. The van der Waals surface area contributed by atoms with Crippen LogP contribution in [0.3, 0.4) is 0 Å². The highest BCUT2D eigenvalue weighted by Crippen LogP contribution is 2.19. The molecule has 2 nitrogen and oxygen atoms in total.